The number of nitrogens with one attached hydrogen (secondary N) is 2. The van der Waals surface area contributed by atoms with Gasteiger partial charge in [-0.2, -0.15) is 5.26 Å². The Labute approximate surface area is 147 Å². The van der Waals surface area contributed by atoms with Crippen molar-refractivity contribution in [2.24, 2.45) is 0 Å². The molecule has 0 aliphatic carbocycles. The Hall–Kier alpha value is -3.39. The summed E-state index contributed by atoms with van der Waals surface area (Å²) in [4.78, 5) is 8.55. The molecule has 124 valence electrons. The van der Waals surface area contributed by atoms with E-state index in [0.717, 1.165) is 11.4 Å². The molecule has 0 amide bonds. The average Bonchev–Trinajstić information content (AvgIpc) is 2.58. The van der Waals surface area contributed by atoms with Crippen molar-refractivity contribution >= 4 is 23.0 Å². The Bertz CT molecular complexity index is 933. The van der Waals surface area contributed by atoms with Gasteiger partial charge in [0.25, 0.3) is 0 Å². The first-order chi connectivity index (χ1) is 12.0. The first-order valence-corrected chi connectivity index (χ1v) is 7.99. The van der Waals surface area contributed by atoms with Gasteiger partial charge in [-0.25, -0.2) is 9.97 Å². The molecule has 0 aliphatic rings. The van der Waals surface area contributed by atoms with Crippen LogP contribution in [-0.2, 0) is 0 Å². The molecule has 0 atom stereocenters. The van der Waals surface area contributed by atoms with Crippen LogP contribution in [0.25, 0.3) is 0 Å². The van der Waals surface area contributed by atoms with Crippen molar-refractivity contribution < 1.29 is 0 Å². The third-order valence-electron chi connectivity index (χ3n) is 3.86. The van der Waals surface area contributed by atoms with Gasteiger partial charge in [-0.15, -0.1) is 0 Å². The fraction of sp³-hybridized carbons (Fsp3) is 0.150. The smallest absolute Gasteiger partial charge is 0.135 e. The summed E-state index contributed by atoms with van der Waals surface area (Å²) in [6.45, 7) is 6.25. The minimum atomic E-state index is 0.600. The second-order valence-electron chi connectivity index (χ2n) is 6.00. The monoisotopic (exact) mass is 329 g/mol. The number of aryl methyl sites for hydroxylation is 3. The number of nitriles is 1. The molecule has 1 heterocycles. The third-order valence-corrected chi connectivity index (χ3v) is 3.86. The molecular weight excluding hydrogens is 310 g/mol. The molecule has 1 aromatic heterocycles. The Morgan fingerprint density at radius 3 is 2.24 bits per heavy atom. The van der Waals surface area contributed by atoms with Crippen molar-refractivity contribution in [1.29, 1.82) is 5.26 Å². The van der Waals surface area contributed by atoms with E-state index in [4.69, 9.17) is 5.26 Å². The minimum Gasteiger partial charge on any atom is -0.340 e. The lowest BCUT2D eigenvalue weighted by Crippen LogP contribution is -2.01. The second kappa shape index (κ2) is 7.02. The van der Waals surface area contributed by atoms with Crippen molar-refractivity contribution in [3.63, 3.8) is 0 Å². The molecule has 0 aliphatic heterocycles. The van der Waals surface area contributed by atoms with Gasteiger partial charge in [0.15, 0.2) is 0 Å². The van der Waals surface area contributed by atoms with Gasteiger partial charge < -0.3 is 10.6 Å². The number of hydrogen-bond donors (Lipinski definition) is 2. The molecule has 25 heavy (non-hydrogen) atoms. The van der Waals surface area contributed by atoms with Crippen LogP contribution in [0.4, 0.5) is 23.0 Å². The van der Waals surface area contributed by atoms with Gasteiger partial charge in [0.1, 0.15) is 18.0 Å². The maximum atomic E-state index is 8.99. The fourth-order valence-corrected chi connectivity index (χ4v) is 2.81. The van der Waals surface area contributed by atoms with Crippen LogP contribution < -0.4 is 10.6 Å². The summed E-state index contributed by atoms with van der Waals surface area (Å²) in [5, 5.41) is 15.6. The summed E-state index contributed by atoms with van der Waals surface area (Å²) in [6.07, 6.45) is 1.51. The van der Waals surface area contributed by atoms with E-state index in [1.165, 1.54) is 23.0 Å². The molecule has 2 N–H and O–H groups in total. The van der Waals surface area contributed by atoms with Gasteiger partial charge in [-0.3, -0.25) is 0 Å². The molecule has 0 bridgehead atoms. The summed E-state index contributed by atoms with van der Waals surface area (Å²) in [5.74, 6) is 1.37. The van der Waals surface area contributed by atoms with Crippen LogP contribution in [0.2, 0.25) is 0 Å². The van der Waals surface area contributed by atoms with Crippen LogP contribution in [0.3, 0.4) is 0 Å². The van der Waals surface area contributed by atoms with Gasteiger partial charge in [-0.1, -0.05) is 23.8 Å². The van der Waals surface area contributed by atoms with E-state index >= 15 is 0 Å². The van der Waals surface area contributed by atoms with Gasteiger partial charge in [0.2, 0.25) is 0 Å². The zero-order valence-electron chi connectivity index (χ0n) is 14.5. The lowest BCUT2D eigenvalue weighted by molar-refractivity contribution is 1.16. The molecule has 0 fully saturated rings. The minimum absolute atomic E-state index is 0.600. The summed E-state index contributed by atoms with van der Waals surface area (Å²) in [6, 6.07) is 15.5. The van der Waals surface area contributed by atoms with E-state index < -0.39 is 0 Å². The maximum absolute atomic E-state index is 8.99. The second-order valence-corrected chi connectivity index (χ2v) is 6.00. The predicted molar refractivity (Wildman–Crippen MR) is 100 cm³/mol. The molecule has 0 saturated heterocycles. The van der Waals surface area contributed by atoms with Crippen LogP contribution >= 0.6 is 0 Å². The Morgan fingerprint density at radius 1 is 0.880 bits per heavy atom. The molecule has 3 rings (SSSR count). The van der Waals surface area contributed by atoms with E-state index in [-0.39, 0.29) is 0 Å². The quantitative estimate of drug-likeness (QED) is 0.722. The number of hydrogen-bond acceptors (Lipinski definition) is 5. The lowest BCUT2D eigenvalue weighted by Gasteiger charge is -2.14. The molecule has 5 heteroatoms. The molecule has 5 nitrogen and oxygen atoms in total. The lowest BCUT2D eigenvalue weighted by atomic mass is 10.1. The first-order valence-electron chi connectivity index (χ1n) is 7.99. The van der Waals surface area contributed by atoms with Crippen molar-refractivity contribution in [3.8, 4) is 6.07 Å². The molecular formula is C20H19N5. The number of benzene rings is 2. The third kappa shape index (κ3) is 3.93. The van der Waals surface area contributed by atoms with Crippen LogP contribution in [0, 0.1) is 32.1 Å². The molecule has 0 radical (unpaired) electrons. The topological polar surface area (TPSA) is 73.6 Å². The highest BCUT2D eigenvalue weighted by Gasteiger charge is 2.06. The standard InChI is InChI=1S/C20H19N5/c1-13-7-14(2)20(15(3)8-13)25-19-10-18(22-12-23-19)24-17-6-4-5-16(9-17)11-21/h4-10,12H,1-3H3,(H2,22,23,24,25). The normalized spacial score (nSPS) is 10.2. The number of rotatable bonds is 4. The molecule has 0 saturated carbocycles. The van der Waals surface area contributed by atoms with Gasteiger partial charge in [0.05, 0.1) is 11.6 Å². The first kappa shape index (κ1) is 16.5. The zero-order valence-corrected chi connectivity index (χ0v) is 14.5. The largest absolute Gasteiger partial charge is 0.340 e. The Morgan fingerprint density at radius 2 is 1.56 bits per heavy atom. The summed E-state index contributed by atoms with van der Waals surface area (Å²) < 4.78 is 0. The molecule has 0 spiro atoms. The van der Waals surface area contributed by atoms with Gasteiger partial charge >= 0.3 is 0 Å². The zero-order chi connectivity index (χ0) is 17.8. The van der Waals surface area contributed by atoms with Crippen molar-refractivity contribution in [3.05, 3.63) is 71.0 Å². The molecule has 2 aromatic carbocycles. The Kier molecular flexibility index (Phi) is 4.62. The number of nitrogens with zero attached hydrogens (tertiary/aromatic N) is 3. The van der Waals surface area contributed by atoms with Crippen LogP contribution in [0.1, 0.15) is 22.3 Å². The fourth-order valence-electron chi connectivity index (χ4n) is 2.81. The van der Waals surface area contributed by atoms with Crippen molar-refractivity contribution in [2.75, 3.05) is 10.6 Å². The van der Waals surface area contributed by atoms with E-state index in [1.807, 2.05) is 18.2 Å². The average molecular weight is 329 g/mol. The van der Waals surface area contributed by atoms with Crippen LogP contribution in [0.15, 0.2) is 48.8 Å². The van der Waals surface area contributed by atoms with E-state index in [2.05, 4.69) is 59.6 Å². The SMILES string of the molecule is Cc1cc(C)c(Nc2cc(Nc3cccc(C#N)c3)ncn2)c(C)c1. The van der Waals surface area contributed by atoms with Gasteiger partial charge in [-0.05, 0) is 50.1 Å². The highest BCUT2D eigenvalue weighted by molar-refractivity contribution is 5.68. The maximum Gasteiger partial charge on any atom is 0.135 e. The van der Waals surface area contributed by atoms with Crippen molar-refractivity contribution in [2.45, 2.75) is 20.8 Å². The van der Waals surface area contributed by atoms with E-state index in [1.54, 1.807) is 12.1 Å². The summed E-state index contributed by atoms with van der Waals surface area (Å²) >= 11 is 0. The number of anilines is 4. The van der Waals surface area contributed by atoms with E-state index in [0.29, 0.717) is 17.2 Å². The number of aromatic nitrogens is 2. The Balaban J connectivity index is 1.84. The van der Waals surface area contributed by atoms with E-state index in [9.17, 15) is 0 Å². The highest BCUT2D eigenvalue weighted by atomic mass is 15.1. The van der Waals surface area contributed by atoms with Gasteiger partial charge in [0, 0.05) is 17.4 Å². The van der Waals surface area contributed by atoms with Crippen molar-refractivity contribution in [1.82, 2.24) is 9.97 Å². The van der Waals surface area contributed by atoms with Crippen LogP contribution in [0.5, 0.6) is 0 Å². The molecule has 0 unspecified atom stereocenters. The molecule has 3 aromatic rings. The highest BCUT2D eigenvalue weighted by Crippen LogP contribution is 2.26. The summed E-state index contributed by atoms with van der Waals surface area (Å²) in [5.41, 5.74) is 6.05. The predicted octanol–water partition coefficient (Wildman–Crippen LogP) is 4.76. The van der Waals surface area contributed by atoms with Crippen LogP contribution in [-0.4, -0.2) is 9.97 Å². The summed E-state index contributed by atoms with van der Waals surface area (Å²) in [7, 11) is 0.